The van der Waals surface area contributed by atoms with Crippen LogP contribution in [0.3, 0.4) is 0 Å². The molecular weight excluding hydrogens is 204 g/mol. The van der Waals surface area contributed by atoms with Crippen LogP contribution in [0.5, 0.6) is 0 Å². The average Bonchev–Trinajstić information content (AvgIpc) is 2.28. The molecule has 16 heavy (non-hydrogen) atoms. The molecule has 1 amide bonds. The first-order valence-electron chi connectivity index (χ1n) is 6.32. The van der Waals surface area contributed by atoms with Crippen molar-refractivity contribution < 1.29 is 9.90 Å². The number of aliphatic hydroxyl groups is 1. The van der Waals surface area contributed by atoms with E-state index in [0.717, 1.165) is 45.3 Å². The van der Waals surface area contributed by atoms with Gasteiger partial charge in [-0.2, -0.15) is 0 Å². The Bertz CT molecular complexity index is 233. The SMILES string of the molecule is CN1CCC[C@@H](C(=O)N2CCC[C@@H](O)C2)C1. The number of hydrogen-bond acceptors (Lipinski definition) is 3. The molecule has 2 aliphatic rings. The van der Waals surface area contributed by atoms with E-state index in [0.29, 0.717) is 6.54 Å². The molecular formula is C12H22N2O2. The number of amides is 1. The van der Waals surface area contributed by atoms with Gasteiger partial charge in [0, 0.05) is 19.6 Å². The second-order valence-corrected chi connectivity index (χ2v) is 5.18. The van der Waals surface area contributed by atoms with Gasteiger partial charge >= 0.3 is 0 Å². The number of likely N-dealkylation sites (tertiary alicyclic amines) is 2. The van der Waals surface area contributed by atoms with Crippen molar-refractivity contribution in [2.24, 2.45) is 5.92 Å². The Hall–Kier alpha value is -0.610. The number of aliphatic hydroxyl groups excluding tert-OH is 1. The van der Waals surface area contributed by atoms with Crippen molar-refractivity contribution in [2.45, 2.75) is 31.8 Å². The first kappa shape index (κ1) is 11.9. The van der Waals surface area contributed by atoms with E-state index in [-0.39, 0.29) is 17.9 Å². The van der Waals surface area contributed by atoms with Gasteiger partial charge in [-0.3, -0.25) is 4.79 Å². The fourth-order valence-corrected chi connectivity index (χ4v) is 2.78. The molecule has 0 unspecified atom stereocenters. The minimum Gasteiger partial charge on any atom is -0.391 e. The highest BCUT2D eigenvalue weighted by molar-refractivity contribution is 5.79. The molecule has 0 radical (unpaired) electrons. The molecule has 2 aliphatic heterocycles. The smallest absolute Gasteiger partial charge is 0.227 e. The topological polar surface area (TPSA) is 43.8 Å². The molecule has 0 aromatic carbocycles. The van der Waals surface area contributed by atoms with E-state index >= 15 is 0 Å². The van der Waals surface area contributed by atoms with Crippen LogP contribution in [-0.2, 0) is 4.79 Å². The van der Waals surface area contributed by atoms with Gasteiger partial charge in [0.1, 0.15) is 0 Å². The Morgan fingerprint density at radius 3 is 2.62 bits per heavy atom. The lowest BCUT2D eigenvalue weighted by atomic mass is 9.95. The van der Waals surface area contributed by atoms with Gasteiger partial charge in [0.2, 0.25) is 5.91 Å². The molecule has 1 N–H and O–H groups in total. The van der Waals surface area contributed by atoms with Crippen molar-refractivity contribution in [3.05, 3.63) is 0 Å². The molecule has 4 nitrogen and oxygen atoms in total. The molecule has 2 fully saturated rings. The highest BCUT2D eigenvalue weighted by atomic mass is 16.3. The van der Waals surface area contributed by atoms with E-state index in [2.05, 4.69) is 11.9 Å². The minimum absolute atomic E-state index is 0.157. The molecule has 0 aliphatic carbocycles. The third-order valence-corrected chi connectivity index (χ3v) is 3.68. The van der Waals surface area contributed by atoms with Crippen molar-refractivity contribution in [1.82, 2.24) is 9.80 Å². The maximum atomic E-state index is 12.2. The molecule has 0 aromatic heterocycles. The fourth-order valence-electron chi connectivity index (χ4n) is 2.78. The monoisotopic (exact) mass is 226 g/mol. The Morgan fingerprint density at radius 1 is 1.19 bits per heavy atom. The summed E-state index contributed by atoms with van der Waals surface area (Å²) in [6, 6.07) is 0. The Kier molecular flexibility index (Phi) is 3.82. The van der Waals surface area contributed by atoms with Crippen LogP contribution in [0.1, 0.15) is 25.7 Å². The summed E-state index contributed by atoms with van der Waals surface area (Å²) in [6.07, 6.45) is 3.60. The van der Waals surface area contributed by atoms with Crippen LogP contribution >= 0.6 is 0 Å². The van der Waals surface area contributed by atoms with Gasteiger partial charge in [-0.1, -0.05) is 0 Å². The van der Waals surface area contributed by atoms with Crippen molar-refractivity contribution >= 4 is 5.91 Å². The van der Waals surface area contributed by atoms with E-state index in [1.807, 2.05) is 4.90 Å². The van der Waals surface area contributed by atoms with Gasteiger partial charge in [0.05, 0.1) is 12.0 Å². The average molecular weight is 226 g/mol. The van der Waals surface area contributed by atoms with Crippen LogP contribution in [0.15, 0.2) is 0 Å². The van der Waals surface area contributed by atoms with Gasteiger partial charge in [0.15, 0.2) is 0 Å². The number of carbonyl (C=O) groups excluding carboxylic acids is 1. The summed E-state index contributed by atoms with van der Waals surface area (Å²) < 4.78 is 0. The van der Waals surface area contributed by atoms with E-state index in [4.69, 9.17) is 0 Å². The molecule has 4 heteroatoms. The van der Waals surface area contributed by atoms with Crippen LogP contribution in [0.2, 0.25) is 0 Å². The molecule has 0 aromatic rings. The quantitative estimate of drug-likeness (QED) is 0.700. The zero-order chi connectivity index (χ0) is 11.5. The van der Waals surface area contributed by atoms with Gasteiger partial charge in [-0.15, -0.1) is 0 Å². The van der Waals surface area contributed by atoms with Crippen LogP contribution < -0.4 is 0 Å². The second-order valence-electron chi connectivity index (χ2n) is 5.18. The molecule has 2 atom stereocenters. The number of piperidine rings is 2. The van der Waals surface area contributed by atoms with Crippen molar-refractivity contribution in [1.29, 1.82) is 0 Å². The van der Waals surface area contributed by atoms with Crippen LogP contribution in [0.25, 0.3) is 0 Å². The summed E-state index contributed by atoms with van der Waals surface area (Å²) >= 11 is 0. The van der Waals surface area contributed by atoms with Crippen molar-refractivity contribution in [3.8, 4) is 0 Å². The van der Waals surface area contributed by atoms with Crippen LogP contribution in [0.4, 0.5) is 0 Å². The molecule has 0 bridgehead atoms. The lowest BCUT2D eigenvalue weighted by Gasteiger charge is -2.36. The zero-order valence-electron chi connectivity index (χ0n) is 10.1. The van der Waals surface area contributed by atoms with Crippen LogP contribution in [0, 0.1) is 5.92 Å². The Balaban J connectivity index is 1.90. The van der Waals surface area contributed by atoms with Crippen molar-refractivity contribution in [3.63, 3.8) is 0 Å². The highest BCUT2D eigenvalue weighted by Crippen LogP contribution is 2.20. The minimum atomic E-state index is -0.306. The number of carbonyl (C=O) groups is 1. The first-order valence-corrected chi connectivity index (χ1v) is 6.32. The van der Waals surface area contributed by atoms with Crippen LogP contribution in [-0.4, -0.2) is 60.1 Å². The summed E-state index contributed by atoms with van der Waals surface area (Å²) in [4.78, 5) is 16.3. The largest absolute Gasteiger partial charge is 0.391 e. The zero-order valence-corrected chi connectivity index (χ0v) is 10.1. The standard InChI is InChI=1S/C12H22N2O2/c1-13-6-2-4-10(8-13)12(16)14-7-3-5-11(15)9-14/h10-11,15H,2-9H2,1H3/t10-,11-/m1/s1. The first-order chi connectivity index (χ1) is 7.66. The third-order valence-electron chi connectivity index (χ3n) is 3.68. The van der Waals surface area contributed by atoms with E-state index in [1.54, 1.807) is 0 Å². The van der Waals surface area contributed by atoms with E-state index < -0.39 is 0 Å². The second kappa shape index (κ2) is 5.15. The number of β-amino-alcohol motifs (C(OH)–C–C–N with tert-alkyl or cyclic N) is 1. The summed E-state index contributed by atoms with van der Waals surface area (Å²) in [6.45, 7) is 3.35. The summed E-state index contributed by atoms with van der Waals surface area (Å²) in [5, 5.41) is 9.57. The molecule has 0 spiro atoms. The van der Waals surface area contributed by atoms with Gasteiger partial charge in [-0.05, 0) is 39.3 Å². The predicted molar refractivity (Wildman–Crippen MR) is 62.0 cm³/mol. The summed E-state index contributed by atoms with van der Waals surface area (Å²) in [7, 11) is 2.07. The number of nitrogens with zero attached hydrogens (tertiary/aromatic N) is 2. The van der Waals surface area contributed by atoms with Gasteiger partial charge in [-0.25, -0.2) is 0 Å². The van der Waals surface area contributed by atoms with Crippen molar-refractivity contribution in [2.75, 3.05) is 33.2 Å². The molecule has 2 rings (SSSR count). The fraction of sp³-hybridized carbons (Fsp3) is 0.917. The maximum absolute atomic E-state index is 12.2. The molecule has 0 saturated carbocycles. The predicted octanol–water partition coefficient (Wildman–Crippen LogP) is 0.311. The molecule has 2 saturated heterocycles. The van der Waals surface area contributed by atoms with E-state index in [1.165, 1.54) is 0 Å². The molecule has 92 valence electrons. The number of hydrogen-bond donors (Lipinski definition) is 1. The van der Waals surface area contributed by atoms with Gasteiger partial charge < -0.3 is 14.9 Å². The lowest BCUT2D eigenvalue weighted by Crippen LogP contribution is -2.48. The highest BCUT2D eigenvalue weighted by Gasteiger charge is 2.30. The lowest BCUT2D eigenvalue weighted by molar-refractivity contribution is -0.140. The maximum Gasteiger partial charge on any atom is 0.227 e. The molecule has 2 heterocycles. The number of rotatable bonds is 1. The Labute approximate surface area is 97.2 Å². The van der Waals surface area contributed by atoms with E-state index in [9.17, 15) is 9.90 Å². The normalized spacial score (nSPS) is 32.8. The summed E-state index contributed by atoms with van der Waals surface area (Å²) in [5.41, 5.74) is 0. The third kappa shape index (κ3) is 2.74. The summed E-state index contributed by atoms with van der Waals surface area (Å²) in [5.74, 6) is 0.411. The Morgan fingerprint density at radius 2 is 1.94 bits per heavy atom. The van der Waals surface area contributed by atoms with Gasteiger partial charge in [0.25, 0.3) is 0 Å².